The molecule has 0 fully saturated rings. The number of fused-ring (bicyclic) bond motifs is 1. The molecule has 0 bridgehead atoms. The highest BCUT2D eigenvalue weighted by Gasteiger charge is 2.27. The summed E-state index contributed by atoms with van der Waals surface area (Å²) in [4.78, 5) is 12.9. The molecule has 1 aliphatic rings. The summed E-state index contributed by atoms with van der Waals surface area (Å²) < 4.78 is 1.93. The summed E-state index contributed by atoms with van der Waals surface area (Å²) in [5.74, 6) is -0.127. The van der Waals surface area contributed by atoms with E-state index >= 15 is 0 Å². The first kappa shape index (κ1) is 15.6. The Balaban J connectivity index is 1.70. The highest BCUT2D eigenvalue weighted by atomic mass is 16.2. The number of hydrogen-bond donors (Lipinski definition) is 1. The Kier molecular flexibility index (Phi) is 3.88. The molecule has 1 amide bonds. The van der Waals surface area contributed by atoms with Gasteiger partial charge in [-0.05, 0) is 68.5 Å². The SMILES string of the molecule is Cc1cc(C)cc(NC(=O)c2nn(-c3ccccc3)c3c2CCC3)c1. The summed E-state index contributed by atoms with van der Waals surface area (Å²) >= 11 is 0. The van der Waals surface area contributed by atoms with Crippen LogP contribution in [-0.4, -0.2) is 15.7 Å². The van der Waals surface area contributed by atoms with Gasteiger partial charge in [-0.15, -0.1) is 0 Å². The Labute approximate surface area is 147 Å². The second-order valence-corrected chi connectivity index (χ2v) is 6.71. The van der Waals surface area contributed by atoms with Crippen molar-refractivity contribution in [2.45, 2.75) is 33.1 Å². The lowest BCUT2D eigenvalue weighted by molar-refractivity contribution is 0.102. The molecular formula is C21H21N3O. The van der Waals surface area contributed by atoms with Gasteiger partial charge in [0.25, 0.3) is 5.91 Å². The number of carbonyl (C=O) groups excluding carboxylic acids is 1. The van der Waals surface area contributed by atoms with Crippen molar-refractivity contribution >= 4 is 11.6 Å². The van der Waals surface area contributed by atoms with Crippen LogP contribution in [0.1, 0.15) is 39.3 Å². The normalized spacial score (nSPS) is 12.9. The number of aromatic nitrogens is 2. The Morgan fingerprint density at radius 2 is 1.76 bits per heavy atom. The lowest BCUT2D eigenvalue weighted by Crippen LogP contribution is -2.15. The molecule has 0 radical (unpaired) electrons. The van der Waals surface area contributed by atoms with Crippen molar-refractivity contribution in [3.63, 3.8) is 0 Å². The third kappa shape index (κ3) is 2.95. The van der Waals surface area contributed by atoms with Gasteiger partial charge in [-0.25, -0.2) is 4.68 Å². The van der Waals surface area contributed by atoms with Crippen LogP contribution in [-0.2, 0) is 12.8 Å². The van der Waals surface area contributed by atoms with Crippen LogP contribution in [0.4, 0.5) is 5.69 Å². The molecule has 1 aliphatic carbocycles. The van der Waals surface area contributed by atoms with Gasteiger partial charge in [0.15, 0.2) is 5.69 Å². The topological polar surface area (TPSA) is 46.9 Å². The minimum Gasteiger partial charge on any atom is -0.321 e. The third-order valence-electron chi connectivity index (χ3n) is 4.63. The van der Waals surface area contributed by atoms with E-state index in [0.29, 0.717) is 5.69 Å². The van der Waals surface area contributed by atoms with E-state index in [4.69, 9.17) is 0 Å². The molecule has 3 aromatic rings. The van der Waals surface area contributed by atoms with E-state index < -0.39 is 0 Å². The van der Waals surface area contributed by atoms with Crippen LogP contribution in [0, 0.1) is 13.8 Å². The van der Waals surface area contributed by atoms with Crippen LogP contribution in [0.15, 0.2) is 48.5 Å². The predicted octanol–water partition coefficient (Wildman–Crippen LogP) is 4.23. The minimum atomic E-state index is -0.127. The van der Waals surface area contributed by atoms with E-state index in [0.717, 1.165) is 53.0 Å². The van der Waals surface area contributed by atoms with Gasteiger partial charge in [-0.2, -0.15) is 5.10 Å². The number of rotatable bonds is 3. The van der Waals surface area contributed by atoms with E-state index in [2.05, 4.69) is 16.5 Å². The van der Waals surface area contributed by atoms with E-state index in [9.17, 15) is 4.79 Å². The van der Waals surface area contributed by atoms with Gasteiger partial charge in [-0.1, -0.05) is 24.3 Å². The molecule has 0 spiro atoms. The minimum absolute atomic E-state index is 0.127. The quantitative estimate of drug-likeness (QED) is 0.781. The van der Waals surface area contributed by atoms with Crippen LogP contribution >= 0.6 is 0 Å². The zero-order chi connectivity index (χ0) is 17.4. The summed E-state index contributed by atoms with van der Waals surface area (Å²) in [6.07, 6.45) is 2.95. The molecule has 4 heteroatoms. The molecule has 25 heavy (non-hydrogen) atoms. The first-order chi connectivity index (χ1) is 12.1. The molecule has 0 aliphatic heterocycles. The lowest BCUT2D eigenvalue weighted by atomic mass is 10.1. The summed E-state index contributed by atoms with van der Waals surface area (Å²) in [6, 6.07) is 16.1. The van der Waals surface area contributed by atoms with Crippen LogP contribution in [0.2, 0.25) is 0 Å². The molecule has 0 unspecified atom stereocenters. The van der Waals surface area contributed by atoms with Crippen molar-refractivity contribution < 1.29 is 4.79 Å². The van der Waals surface area contributed by atoms with Crippen LogP contribution < -0.4 is 5.32 Å². The van der Waals surface area contributed by atoms with Crippen molar-refractivity contribution in [1.29, 1.82) is 0 Å². The number of para-hydroxylation sites is 1. The summed E-state index contributed by atoms with van der Waals surface area (Å²) in [7, 11) is 0. The molecule has 126 valence electrons. The van der Waals surface area contributed by atoms with E-state index in [-0.39, 0.29) is 5.91 Å². The lowest BCUT2D eigenvalue weighted by Gasteiger charge is -2.07. The van der Waals surface area contributed by atoms with Gasteiger partial charge < -0.3 is 5.32 Å². The van der Waals surface area contributed by atoms with Gasteiger partial charge in [0, 0.05) is 16.9 Å². The average molecular weight is 331 g/mol. The number of aryl methyl sites for hydroxylation is 2. The van der Waals surface area contributed by atoms with E-state index in [1.165, 1.54) is 0 Å². The molecule has 0 atom stereocenters. The predicted molar refractivity (Wildman–Crippen MR) is 99.5 cm³/mol. The maximum atomic E-state index is 12.9. The van der Waals surface area contributed by atoms with Crippen LogP contribution in [0.5, 0.6) is 0 Å². The number of anilines is 1. The van der Waals surface area contributed by atoms with Crippen molar-refractivity contribution in [3.05, 3.63) is 76.6 Å². The van der Waals surface area contributed by atoms with Crippen molar-refractivity contribution in [3.8, 4) is 5.69 Å². The first-order valence-corrected chi connectivity index (χ1v) is 8.67. The standard InChI is InChI=1S/C21H21N3O/c1-14-11-15(2)13-16(12-14)22-21(25)20-18-9-6-10-19(18)24(23-20)17-7-4-3-5-8-17/h3-5,7-8,11-13H,6,9-10H2,1-2H3,(H,22,25). The fraction of sp³-hybridized carbons (Fsp3) is 0.238. The summed E-state index contributed by atoms with van der Waals surface area (Å²) in [5.41, 5.74) is 6.90. The molecule has 0 saturated heterocycles. The molecule has 4 nitrogen and oxygen atoms in total. The molecule has 0 saturated carbocycles. The number of nitrogens with zero attached hydrogens (tertiary/aromatic N) is 2. The van der Waals surface area contributed by atoms with Crippen molar-refractivity contribution in [2.75, 3.05) is 5.32 Å². The fourth-order valence-corrected chi connectivity index (χ4v) is 3.64. The van der Waals surface area contributed by atoms with Crippen LogP contribution in [0.3, 0.4) is 0 Å². The van der Waals surface area contributed by atoms with E-state index in [1.54, 1.807) is 0 Å². The summed E-state index contributed by atoms with van der Waals surface area (Å²) in [5, 5.41) is 7.67. The Morgan fingerprint density at radius 3 is 2.48 bits per heavy atom. The largest absolute Gasteiger partial charge is 0.321 e. The Hall–Kier alpha value is -2.88. The molecule has 2 aromatic carbocycles. The number of nitrogens with one attached hydrogen (secondary N) is 1. The van der Waals surface area contributed by atoms with Crippen LogP contribution in [0.25, 0.3) is 5.69 Å². The van der Waals surface area contributed by atoms with Gasteiger partial charge in [0.1, 0.15) is 0 Å². The maximum absolute atomic E-state index is 12.9. The third-order valence-corrected chi connectivity index (χ3v) is 4.63. The second kappa shape index (κ2) is 6.20. The number of benzene rings is 2. The van der Waals surface area contributed by atoms with Gasteiger partial charge in [0.05, 0.1) is 5.69 Å². The Bertz CT molecular complexity index is 921. The second-order valence-electron chi connectivity index (χ2n) is 6.71. The molecule has 1 aromatic heterocycles. The Morgan fingerprint density at radius 1 is 1.04 bits per heavy atom. The van der Waals surface area contributed by atoms with Crippen molar-refractivity contribution in [2.24, 2.45) is 0 Å². The fourth-order valence-electron chi connectivity index (χ4n) is 3.64. The zero-order valence-corrected chi connectivity index (χ0v) is 14.5. The molecule has 4 rings (SSSR count). The van der Waals surface area contributed by atoms with Crippen molar-refractivity contribution in [1.82, 2.24) is 9.78 Å². The molecule has 1 N–H and O–H groups in total. The zero-order valence-electron chi connectivity index (χ0n) is 14.5. The number of carbonyl (C=O) groups is 1. The molecular weight excluding hydrogens is 310 g/mol. The highest BCUT2D eigenvalue weighted by molar-refractivity contribution is 6.04. The average Bonchev–Trinajstić information content (AvgIpc) is 3.16. The number of amides is 1. The number of hydrogen-bond acceptors (Lipinski definition) is 2. The summed E-state index contributed by atoms with van der Waals surface area (Å²) in [6.45, 7) is 4.06. The maximum Gasteiger partial charge on any atom is 0.276 e. The van der Waals surface area contributed by atoms with Gasteiger partial charge in [-0.3, -0.25) is 4.79 Å². The van der Waals surface area contributed by atoms with Gasteiger partial charge in [0.2, 0.25) is 0 Å². The monoisotopic (exact) mass is 331 g/mol. The van der Waals surface area contributed by atoms with E-state index in [1.807, 2.05) is 61.0 Å². The van der Waals surface area contributed by atoms with Gasteiger partial charge >= 0.3 is 0 Å². The highest BCUT2D eigenvalue weighted by Crippen LogP contribution is 2.28. The smallest absolute Gasteiger partial charge is 0.276 e. The first-order valence-electron chi connectivity index (χ1n) is 8.67. The molecule has 1 heterocycles.